The SMILES string of the molecule is COc1ccccc1Oc1c(F)cc(C(=N)N)cc1F. The normalized spacial score (nSPS) is 10.2. The van der Waals surface area contributed by atoms with Crippen molar-refractivity contribution in [2.24, 2.45) is 5.73 Å². The summed E-state index contributed by atoms with van der Waals surface area (Å²) in [5.74, 6) is -2.35. The molecule has 0 saturated carbocycles. The third kappa shape index (κ3) is 2.69. The number of benzene rings is 2. The van der Waals surface area contributed by atoms with Crippen LogP contribution in [0.15, 0.2) is 36.4 Å². The lowest BCUT2D eigenvalue weighted by molar-refractivity contribution is 0.359. The highest BCUT2D eigenvalue weighted by Crippen LogP contribution is 2.34. The number of nitrogen functional groups attached to an aromatic ring is 1. The molecular formula is C14H12F2N2O2. The van der Waals surface area contributed by atoms with Crippen molar-refractivity contribution in [2.45, 2.75) is 0 Å². The van der Waals surface area contributed by atoms with Crippen LogP contribution in [0.2, 0.25) is 0 Å². The number of ether oxygens (including phenoxy) is 2. The Bertz CT molecular complexity index is 636. The number of nitrogens with one attached hydrogen (secondary N) is 1. The zero-order valence-corrected chi connectivity index (χ0v) is 10.6. The van der Waals surface area contributed by atoms with Crippen molar-refractivity contribution in [1.29, 1.82) is 5.41 Å². The third-order valence-electron chi connectivity index (χ3n) is 2.59. The average Bonchev–Trinajstić information content (AvgIpc) is 2.42. The van der Waals surface area contributed by atoms with Gasteiger partial charge in [0.05, 0.1) is 7.11 Å². The van der Waals surface area contributed by atoms with E-state index in [0.717, 1.165) is 12.1 Å². The summed E-state index contributed by atoms with van der Waals surface area (Å²) in [6, 6.07) is 8.37. The Hall–Kier alpha value is -2.63. The smallest absolute Gasteiger partial charge is 0.198 e. The third-order valence-corrected chi connectivity index (χ3v) is 2.59. The molecule has 0 fully saturated rings. The second-order valence-electron chi connectivity index (χ2n) is 3.94. The molecule has 0 aliphatic carbocycles. The summed E-state index contributed by atoms with van der Waals surface area (Å²) in [6.45, 7) is 0. The van der Waals surface area contributed by atoms with E-state index >= 15 is 0 Å². The van der Waals surface area contributed by atoms with Crippen LogP contribution in [0.1, 0.15) is 5.56 Å². The van der Waals surface area contributed by atoms with Crippen LogP contribution in [0.4, 0.5) is 8.78 Å². The molecule has 0 amide bonds. The molecule has 20 heavy (non-hydrogen) atoms. The van der Waals surface area contributed by atoms with Crippen molar-refractivity contribution >= 4 is 5.84 Å². The number of methoxy groups -OCH3 is 1. The molecular weight excluding hydrogens is 266 g/mol. The van der Waals surface area contributed by atoms with Gasteiger partial charge in [-0.05, 0) is 24.3 Å². The molecule has 6 heteroatoms. The summed E-state index contributed by atoms with van der Waals surface area (Å²) in [5, 5.41) is 7.17. The maximum absolute atomic E-state index is 13.8. The summed E-state index contributed by atoms with van der Waals surface area (Å²) in [6.07, 6.45) is 0. The molecule has 0 aromatic heterocycles. The van der Waals surface area contributed by atoms with Gasteiger partial charge in [-0.2, -0.15) is 0 Å². The summed E-state index contributed by atoms with van der Waals surface area (Å²) >= 11 is 0. The van der Waals surface area contributed by atoms with E-state index in [1.807, 2.05) is 0 Å². The molecule has 4 nitrogen and oxygen atoms in total. The monoisotopic (exact) mass is 278 g/mol. The van der Waals surface area contributed by atoms with E-state index in [0.29, 0.717) is 5.75 Å². The van der Waals surface area contributed by atoms with E-state index in [-0.39, 0.29) is 11.3 Å². The first kappa shape index (κ1) is 13.8. The van der Waals surface area contributed by atoms with Crippen molar-refractivity contribution in [3.63, 3.8) is 0 Å². The lowest BCUT2D eigenvalue weighted by Gasteiger charge is -2.12. The number of amidine groups is 1. The van der Waals surface area contributed by atoms with Crippen molar-refractivity contribution in [3.8, 4) is 17.2 Å². The van der Waals surface area contributed by atoms with Crippen LogP contribution in [0, 0.1) is 17.0 Å². The van der Waals surface area contributed by atoms with E-state index < -0.39 is 23.2 Å². The van der Waals surface area contributed by atoms with Gasteiger partial charge in [-0.3, -0.25) is 5.41 Å². The predicted molar refractivity (Wildman–Crippen MR) is 70.4 cm³/mol. The molecule has 2 rings (SSSR count). The highest BCUT2D eigenvalue weighted by Gasteiger charge is 2.16. The van der Waals surface area contributed by atoms with Crippen molar-refractivity contribution in [2.75, 3.05) is 7.11 Å². The molecule has 2 aromatic rings. The lowest BCUT2D eigenvalue weighted by Crippen LogP contribution is -2.12. The molecule has 0 saturated heterocycles. The van der Waals surface area contributed by atoms with Crippen LogP contribution in [0.5, 0.6) is 17.2 Å². The quantitative estimate of drug-likeness (QED) is 0.667. The highest BCUT2D eigenvalue weighted by atomic mass is 19.1. The van der Waals surface area contributed by atoms with E-state index in [4.69, 9.17) is 20.6 Å². The average molecular weight is 278 g/mol. The number of hydrogen-bond acceptors (Lipinski definition) is 3. The first-order valence-corrected chi connectivity index (χ1v) is 5.67. The topological polar surface area (TPSA) is 68.3 Å². The Morgan fingerprint density at radius 3 is 2.15 bits per heavy atom. The molecule has 0 aliphatic heterocycles. The minimum atomic E-state index is -0.943. The first-order valence-electron chi connectivity index (χ1n) is 5.67. The number of hydrogen-bond donors (Lipinski definition) is 2. The molecule has 0 unspecified atom stereocenters. The Morgan fingerprint density at radius 1 is 1.10 bits per heavy atom. The van der Waals surface area contributed by atoms with Crippen LogP contribution in [0.3, 0.4) is 0 Å². The molecule has 104 valence electrons. The summed E-state index contributed by atoms with van der Waals surface area (Å²) < 4.78 is 37.9. The number of rotatable bonds is 4. The van der Waals surface area contributed by atoms with Gasteiger partial charge in [0.15, 0.2) is 28.9 Å². The Labute approximate surface area is 114 Å². The zero-order chi connectivity index (χ0) is 14.7. The highest BCUT2D eigenvalue weighted by molar-refractivity contribution is 5.95. The van der Waals surface area contributed by atoms with E-state index in [1.54, 1.807) is 18.2 Å². The Morgan fingerprint density at radius 2 is 1.65 bits per heavy atom. The minimum Gasteiger partial charge on any atom is -0.493 e. The van der Waals surface area contributed by atoms with E-state index in [9.17, 15) is 8.78 Å². The fraction of sp³-hybridized carbons (Fsp3) is 0.0714. The number of halogens is 2. The van der Waals surface area contributed by atoms with Gasteiger partial charge in [0.25, 0.3) is 0 Å². The van der Waals surface area contributed by atoms with Crippen LogP contribution in [-0.2, 0) is 0 Å². The second-order valence-corrected chi connectivity index (χ2v) is 3.94. The van der Waals surface area contributed by atoms with Gasteiger partial charge in [-0.25, -0.2) is 8.78 Å². The van der Waals surface area contributed by atoms with Gasteiger partial charge in [0.1, 0.15) is 5.84 Å². The van der Waals surface area contributed by atoms with Crippen molar-refractivity contribution < 1.29 is 18.3 Å². The number of para-hydroxylation sites is 2. The van der Waals surface area contributed by atoms with Gasteiger partial charge in [-0.15, -0.1) is 0 Å². The molecule has 0 bridgehead atoms. The molecule has 0 spiro atoms. The summed E-state index contributed by atoms with van der Waals surface area (Å²) in [4.78, 5) is 0. The van der Waals surface area contributed by atoms with Crippen LogP contribution in [-0.4, -0.2) is 12.9 Å². The molecule has 2 aromatic carbocycles. The van der Waals surface area contributed by atoms with Crippen LogP contribution >= 0.6 is 0 Å². The standard InChI is InChI=1S/C14H12F2N2O2/c1-19-11-4-2-3-5-12(11)20-13-9(15)6-8(14(17)18)7-10(13)16/h2-7H,1H3,(H3,17,18). The van der Waals surface area contributed by atoms with Crippen LogP contribution < -0.4 is 15.2 Å². The maximum Gasteiger partial charge on any atom is 0.198 e. The lowest BCUT2D eigenvalue weighted by atomic mass is 10.2. The molecule has 0 heterocycles. The largest absolute Gasteiger partial charge is 0.493 e. The van der Waals surface area contributed by atoms with Gasteiger partial charge in [0, 0.05) is 5.56 Å². The number of nitrogens with two attached hydrogens (primary N) is 1. The molecule has 0 aliphatic rings. The van der Waals surface area contributed by atoms with Gasteiger partial charge in [0.2, 0.25) is 0 Å². The first-order chi connectivity index (χ1) is 9.52. The predicted octanol–water partition coefficient (Wildman–Crippen LogP) is 3.05. The van der Waals surface area contributed by atoms with E-state index in [1.165, 1.54) is 13.2 Å². The molecule has 0 radical (unpaired) electrons. The maximum atomic E-state index is 13.8. The fourth-order valence-corrected chi connectivity index (χ4v) is 1.63. The fourth-order valence-electron chi connectivity index (χ4n) is 1.63. The van der Waals surface area contributed by atoms with Gasteiger partial charge < -0.3 is 15.2 Å². The van der Waals surface area contributed by atoms with Gasteiger partial charge in [-0.1, -0.05) is 12.1 Å². The van der Waals surface area contributed by atoms with E-state index in [2.05, 4.69) is 0 Å². The van der Waals surface area contributed by atoms with Crippen molar-refractivity contribution in [1.82, 2.24) is 0 Å². The molecule has 0 atom stereocenters. The minimum absolute atomic E-state index is 0.0487. The summed E-state index contributed by atoms with van der Waals surface area (Å²) in [5.41, 5.74) is 5.14. The van der Waals surface area contributed by atoms with Gasteiger partial charge >= 0.3 is 0 Å². The van der Waals surface area contributed by atoms with Crippen LogP contribution in [0.25, 0.3) is 0 Å². The Balaban J connectivity index is 2.41. The zero-order valence-electron chi connectivity index (χ0n) is 10.6. The summed E-state index contributed by atoms with van der Waals surface area (Å²) in [7, 11) is 1.42. The van der Waals surface area contributed by atoms with Crippen molar-refractivity contribution in [3.05, 3.63) is 53.6 Å². The second kappa shape index (κ2) is 5.56. The Kier molecular flexibility index (Phi) is 3.84. The molecule has 3 N–H and O–H groups in total.